The predicted octanol–water partition coefficient (Wildman–Crippen LogP) is 0.780. The number of rotatable bonds is 5. The van der Waals surface area contributed by atoms with E-state index >= 15 is 0 Å². The molecule has 6 heteroatoms. The van der Waals surface area contributed by atoms with E-state index in [9.17, 15) is 9.59 Å². The van der Waals surface area contributed by atoms with E-state index in [-0.39, 0.29) is 11.8 Å². The molecule has 21 heavy (non-hydrogen) atoms. The van der Waals surface area contributed by atoms with Crippen LogP contribution in [-0.4, -0.2) is 53.5 Å². The zero-order valence-corrected chi connectivity index (χ0v) is 12.2. The smallest absolute Gasteiger partial charge is 0.306 e. The number of likely N-dealkylation sites (tertiary alicyclic amines) is 1. The van der Waals surface area contributed by atoms with E-state index in [0.717, 1.165) is 44.5 Å². The van der Waals surface area contributed by atoms with Gasteiger partial charge in [-0.15, -0.1) is 0 Å². The number of hydrogen-bond donors (Lipinski definition) is 2. The molecule has 2 heterocycles. The molecule has 2 N–H and O–H groups in total. The summed E-state index contributed by atoms with van der Waals surface area (Å²) in [6, 6.07) is 3.72. The zero-order chi connectivity index (χ0) is 15.2. The lowest BCUT2D eigenvalue weighted by atomic mass is 9.97. The number of carboxylic acid groups (broad SMARTS) is 1. The maximum atomic E-state index is 11.5. The van der Waals surface area contributed by atoms with Gasteiger partial charge in [0.25, 0.3) is 5.91 Å². The van der Waals surface area contributed by atoms with Crippen molar-refractivity contribution >= 4 is 11.9 Å². The van der Waals surface area contributed by atoms with Crippen molar-refractivity contribution in [2.75, 3.05) is 26.7 Å². The molecule has 0 bridgehead atoms. The van der Waals surface area contributed by atoms with Gasteiger partial charge in [-0.3, -0.25) is 14.6 Å². The Morgan fingerprint density at radius 3 is 2.76 bits per heavy atom. The summed E-state index contributed by atoms with van der Waals surface area (Å²) in [4.78, 5) is 28.8. The molecule has 1 aliphatic rings. The average molecular weight is 291 g/mol. The summed E-state index contributed by atoms with van der Waals surface area (Å²) in [5.41, 5.74) is 1.50. The van der Waals surface area contributed by atoms with Crippen molar-refractivity contribution in [3.8, 4) is 0 Å². The van der Waals surface area contributed by atoms with Crippen LogP contribution in [0.15, 0.2) is 18.3 Å². The van der Waals surface area contributed by atoms with E-state index in [0.29, 0.717) is 5.69 Å². The number of amides is 1. The summed E-state index contributed by atoms with van der Waals surface area (Å²) < 4.78 is 0. The van der Waals surface area contributed by atoms with Gasteiger partial charge in [0, 0.05) is 19.8 Å². The Balaban J connectivity index is 1.84. The number of carbonyl (C=O) groups excluding carboxylic acids is 1. The van der Waals surface area contributed by atoms with Gasteiger partial charge in [-0.25, -0.2) is 0 Å². The van der Waals surface area contributed by atoms with Crippen molar-refractivity contribution in [1.82, 2.24) is 15.2 Å². The third-order valence-electron chi connectivity index (χ3n) is 3.94. The van der Waals surface area contributed by atoms with E-state index in [2.05, 4.69) is 15.2 Å². The second-order valence-corrected chi connectivity index (χ2v) is 5.33. The third-order valence-corrected chi connectivity index (χ3v) is 3.94. The molecular formula is C15H21N3O3. The molecule has 0 aliphatic carbocycles. The van der Waals surface area contributed by atoms with E-state index in [1.165, 1.54) is 0 Å². The zero-order valence-electron chi connectivity index (χ0n) is 12.2. The fourth-order valence-corrected chi connectivity index (χ4v) is 2.57. The third kappa shape index (κ3) is 4.26. The van der Waals surface area contributed by atoms with Crippen molar-refractivity contribution in [1.29, 1.82) is 0 Å². The molecule has 1 fully saturated rings. The van der Waals surface area contributed by atoms with Crippen LogP contribution in [-0.2, 0) is 11.2 Å². The van der Waals surface area contributed by atoms with E-state index in [1.54, 1.807) is 13.2 Å². The SMILES string of the molecule is CNC(=O)c1cc(CCN2CCC(C(=O)O)CC2)ccn1. The van der Waals surface area contributed by atoms with Crippen LogP contribution in [0.5, 0.6) is 0 Å². The molecule has 1 aromatic rings. The molecule has 0 saturated carbocycles. The molecule has 0 aromatic carbocycles. The lowest BCUT2D eigenvalue weighted by Gasteiger charge is -2.29. The van der Waals surface area contributed by atoms with Gasteiger partial charge in [0.15, 0.2) is 0 Å². The molecular weight excluding hydrogens is 270 g/mol. The lowest BCUT2D eigenvalue weighted by Crippen LogP contribution is -2.37. The topological polar surface area (TPSA) is 82.5 Å². The fraction of sp³-hybridized carbons (Fsp3) is 0.533. The number of nitrogens with zero attached hydrogens (tertiary/aromatic N) is 2. The first kappa shape index (κ1) is 15.4. The Hall–Kier alpha value is -1.95. The number of aliphatic carboxylic acids is 1. The first-order chi connectivity index (χ1) is 10.1. The standard InChI is InChI=1S/C15H21N3O3/c1-16-14(19)13-10-11(2-6-17-13)3-7-18-8-4-12(5-9-18)15(20)21/h2,6,10,12H,3-5,7-9H2,1H3,(H,16,19)(H,20,21). The highest BCUT2D eigenvalue weighted by molar-refractivity contribution is 5.92. The quantitative estimate of drug-likeness (QED) is 0.837. The minimum Gasteiger partial charge on any atom is -0.481 e. The minimum atomic E-state index is -0.681. The average Bonchev–Trinajstić information content (AvgIpc) is 2.52. The number of pyridine rings is 1. The number of hydrogen-bond acceptors (Lipinski definition) is 4. The van der Waals surface area contributed by atoms with Gasteiger partial charge in [-0.05, 0) is 50.0 Å². The molecule has 0 unspecified atom stereocenters. The molecule has 1 amide bonds. The first-order valence-corrected chi connectivity index (χ1v) is 7.22. The van der Waals surface area contributed by atoms with Gasteiger partial charge in [-0.1, -0.05) is 0 Å². The Morgan fingerprint density at radius 2 is 2.14 bits per heavy atom. The van der Waals surface area contributed by atoms with Crippen LogP contribution in [0.2, 0.25) is 0 Å². The molecule has 6 nitrogen and oxygen atoms in total. The van der Waals surface area contributed by atoms with Crippen molar-refractivity contribution in [2.24, 2.45) is 5.92 Å². The van der Waals surface area contributed by atoms with E-state index in [4.69, 9.17) is 5.11 Å². The lowest BCUT2D eigenvalue weighted by molar-refractivity contribution is -0.143. The molecule has 2 rings (SSSR count). The monoisotopic (exact) mass is 291 g/mol. The summed E-state index contributed by atoms with van der Waals surface area (Å²) in [6.07, 6.45) is 3.92. The maximum Gasteiger partial charge on any atom is 0.306 e. The Kier molecular flexibility index (Phi) is 5.27. The second kappa shape index (κ2) is 7.17. The molecule has 0 atom stereocenters. The van der Waals surface area contributed by atoms with Gasteiger partial charge in [0.05, 0.1) is 5.92 Å². The summed E-state index contributed by atoms with van der Waals surface area (Å²) in [5.74, 6) is -1.06. The number of aromatic nitrogens is 1. The van der Waals surface area contributed by atoms with Gasteiger partial charge < -0.3 is 15.3 Å². The largest absolute Gasteiger partial charge is 0.481 e. The van der Waals surface area contributed by atoms with Gasteiger partial charge in [-0.2, -0.15) is 0 Å². The number of piperidine rings is 1. The van der Waals surface area contributed by atoms with Crippen LogP contribution in [0, 0.1) is 5.92 Å². The van der Waals surface area contributed by atoms with Crippen molar-refractivity contribution in [2.45, 2.75) is 19.3 Å². The molecule has 114 valence electrons. The molecule has 0 spiro atoms. The van der Waals surface area contributed by atoms with Crippen LogP contribution < -0.4 is 5.32 Å². The van der Waals surface area contributed by atoms with Crippen LogP contribution >= 0.6 is 0 Å². The molecule has 1 saturated heterocycles. The fourth-order valence-electron chi connectivity index (χ4n) is 2.57. The number of nitrogens with one attached hydrogen (secondary N) is 1. The highest BCUT2D eigenvalue weighted by Crippen LogP contribution is 2.17. The highest BCUT2D eigenvalue weighted by Gasteiger charge is 2.24. The molecule has 1 aliphatic heterocycles. The second-order valence-electron chi connectivity index (χ2n) is 5.33. The number of carboxylic acids is 1. The Bertz CT molecular complexity index is 511. The Labute approximate surface area is 124 Å². The maximum absolute atomic E-state index is 11.5. The minimum absolute atomic E-state index is 0.181. The molecule has 1 aromatic heterocycles. The highest BCUT2D eigenvalue weighted by atomic mass is 16.4. The summed E-state index contributed by atoms with van der Waals surface area (Å²) in [5, 5.41) is 11.5. The van der Waals surface area contributed by atoms with Gasteiger partial charge in [0.2, 0.25) is 0 Å². The van der Waals surface area contributed by atoms with Gasteiger partial charge >= 0.3 is 5.97 Å². The normalized spacial score (nSPS) is 16.6. The van der Waals surface area contributed by atoms with Crippen LogP contribution in [0.1, 0.15) is 28.9 Å². The Morgan fingerprint density at radius 1 is 1.43 bits per heavy atom. The van der Waals surface area contributed by atoms with Crippen molar-refractivity contribution in [3.63, 3.8) is 0 Å². The number of carbonyl (C=O) groups is 2. The summed E-state index contributed by atoms with van der Waals surface area (Å²) in [6.45, 7) is 2.53. The van der Waals surface area contributed by atoms with Gasteiger partial charge in [0.1, 0.15) is 5.69 Å². The van der Waals surface area contributed by atoms with E-state index < -0.39 is 5.97 Å². The van der Waals surface area contributed by atoms with E-state index in [1.807, 2.05) is 12.1 Å². The first-order valence-electron chi connectivity index (χ1n) is 7.22. The molecule has 0 radical (unpaired) electrons. The predicted molar refractivity (Wildman–Crippen MR) is 78.1 cm³/mol. The summed E-state index contributed by atoms with van der Waals surface area (Å²) in [7, 11) is 1.59. The van der Waals surface area contributed by atoms with Crippen LogP contribution in [0.25, 0.3) is 0 Å². The van der Waals surface area contributed by atoms with Crippen molar-refractivity contribution < 1.29 is 14.7 Å². The van der Waals surface area contributed by atoms with Crippen molar-refractivity contribution in [3.05, 3.63) is 29.6 Å². The van der Waals surface area contributed by atoms with Crippen LogP contribution in [0.3, 0.4) is 0 Å². The summed E-state index contributed by atoms with van der Waals surface area (Å²) >= 11 is 0. The van der Waals surface area contributed by atoms with Crippen LogP contribution in [0.4, 0.5) is 0 Å².